The number of amides is 2. The van der Waals surface area contributed by atoms with Crippen LogP contribution in [0.4, 0.5) is 4.79 Å². The van der Waals surface area contributed by atoms with Crippen molar-refractivity contribution in [2.24, 2.45) is 17.8 Å². The molecular formula is C20H32N2O2S. The number of thioether (sulfide) groups is 1. The molecule has 0 saturated carbocycles. The molecule has 3 atom stereocenters. The van der Waals surface area contributed by atoms with E-state index in [2.05, 4.69) is 31.8 Å². The van der Waals surface area contributed by atoms with Crippen LogP contribution in [0.25, 0.3) is 0 Å². The molecular weight excluding hydrogens is 332 g/mol. The summed E-state index contributed by atoms with van der Waals surface area (Å²) in [6, 6.07) is 0. The van der Waals surface area contributed by atoms with E-state index >= 15 is 0 Å². The molecule has 1 aliphatic carbocycles. The summed E-state index contributed by atoms with van der Waals surface area (Å²) in [7, 11) is 0. The summed E-state index contributed by atoms with van der Waals surface area (Å²) < 4.78 is 0. The van der Waals surface area contributed by atoms with Crippen molar-refractivity contribution in [2.45, 2.75) is 52.9 Å². The van der Waals surface area contributed by atoms with E-state index in [0.29, 0.717) is 43.0 Å². The van der Waals surface area contributed by atoms with E-state index in [1.165, 1.54) is 29.5 Å². The Morgan fingerprint density at radius 1 is 1.48 bits per heavy atom. The first kappa shape index (κ1) is 20.1. The molecule has 1 saturated heterocycles. The maximum absolute atomic E-state index is 12.5. The Bertz CT molecular complexity index is 544. The van der Waals surface area contributed by atoms with Gasteiger partial charge in [0.15, 0.2) is 0 Å². The second-order valence-corrected chi connectivity index (χ2v) is 8.48. The van der Waals surface area contributed by atoms with Gasteiger partial charge < -0.3 is 10.2 Å². The lowest BCUT2D eigenvalue weighted by Gasteiger charge is -2.43. The van der Waals surface area contributed by atoms with E-state index in [4.69, 9.17) is 0 Å². The molecule has 0 aromatic heterocycles. The highest BCUT2D eigenvalue weighted by Gasteiger charge is 2.38. The fourth-order valence-corrected chi connectivity index (χ4v) is 4.73. The Labute approximate surface area is 156 Å². The van der Waals surface area contributed by atoms with Gasteiger partial charge in [-0.1, -0.05) is 30.3 Å². The maximum Gasteiger partial charge on any atom is 0.279 e. The molecule has 1 heterocycles. The average molecular weight is 365 g/mol. The number of carbonyl (C=O) groups excluding carboxylic acids is 2. The highest BCUT2D eigenvalue weighted by molar-refractivity contribution is 8.13. The molecule has 0 spiro atoms. The van der Waals surface area contributed by atoms with Gasteiger partial charge in [-0.3, -0.25) is 9.59 Å². The molecule has 2 aliphatic rings. The molecule has 0 radical (unpaired) electrons. The minimum atomic E-state index is -0.00571. The van der Waals surface area contributed by atoms with Gasteiger partial charge in [-0.15, -0.1) is 6.58 Å². The zero-order chi connectivity index (χ0) is 18.4. The van der Waals surface area contributed by atoms with Crippen LogP contribution in [-0.4, -0.2) is 34.9 Å². The summed E-state index contributed by atoms with van der Waals surface area (Å²) in [5.74, 6) is 2.49. The predicted octanol–water partition coefficient (Wildman–Crippen LogP) is 4.58. The third kappa shape index (κ3) is 5.63. The van der Waals surface area contributed by atoms with E-state index < -0.39 is 0 Å². The van der Waals surface area contributed by atoms with Gasteiger partial charge >= 0.3 is 0 Å². The Kier molecular flexibility index (Phi) is 7.60. The maximum atomic E-state index is 12.5. The van der Waals surface area contributed by atoms with E-state index in [1.54, 1.807) is 0 Å². The number of allylic oxidation sites excluding steroid dienone is 3. The first-order valence-corrected chi connectivity index (χ1v) is 10.5. The number of rotatable bonds is 7. The van der Waals surface area contributed by atoms with Crippen LogP contribution in [0.1, 0.15) is 52.9 Å². The Hall–Kier alpha value is -1.23. The Morgan fingerprint density at radius 2 is 2.24 bits per heavy atom. The van der Waals surface area contributed by atoms with E-state index in [0.717, 1.165) is 19.3 Å². The third-order valence-electron chi connectivity index (χ3n) is 5.17. The molecule has 25 heavy (non-hydrogen) atoms. The molecule has 0 aromatic carbocycles. The zero-order valence-electron chi connectivity index (χ0n) is 15.8. The lowest BCUT2D eigenvalue weighted by atomic mass is 9.71. The summed E-state index contributed by atoms with van der Waals surface area (Å²) in [4.78, 5) is 26.1. The molecule has 0 bridgehead atoms. The van der Waals surface area contributed by atoms with Gasteiger partial charge in [0.05, 0.1) is 0 Å². The summed E-state index contributed by atoms with van der Waals surface area (Å²) >= 11 is 1.27. The standard InChI is InChI=1S/C20H32N2O2S/c1-5-21-20(24)25-11-10-22-18-13-15(4)12-16(7-6-14(2)3)17(18)8-9-19(22)23/h13,15-17H,2,5-12H2,1,3-4H3,(H,21,24)/t15-,16-,17?/m1/s1. The molecule has 2 amide bonds. The van der Waals surface area contributed by atoms with Crippen molar-refractivity contribution in [1.29, 1.82) is 0 Å². The van der Waals surface area contributed by atoms with Crippen molar-refractivity contribution in [3.05, 3.63) is 23.9 Å². The van der Waals surface area contributed by atoms with Crippen LogP contribution in [0.2, 0.25) is 0 Å². The van der Waals surface area contributed by atoms with Crippen LogP contribution < -0.4 is 5.32 Å². The summed E-state index contributed by atoms with van der Waals surface area (Å²) in [5.41, 5.74) is 2.46. The van der Waals surface area contributed by atoms with Gasteiger partial charge in [-0.25, -0.2) is 0 Å². The highest BCUT2D eigenvalue weighted by atomic mass is 32.2. The number of hydrogen-bond donors (Lipinski definition) is 1. The lowest BCUT2D eigenvalue weighted by Crippen LogP contribution is -2.43. The van der Waals surface area contributed by atoms with Crippen LogP contribution in [0.5, 0.6) is 0 Å². The monoisotopic (exact) mass is 364 g/mol. The predicted molar refractivity (Wildman–Crippen MR) is 105 cm³/mol. The zero-order valence-corrected chi connectivity index (χ0v) is 16.7. The van der Waals surface area contributed by atoms with Crippen LogP contribution in [0.15, 0.2) is 23.9 Å². The van der Waals surface area contributed by atoms with Crippen molar-refractivity contribution in [3.63, 3.8) is 0 Å². The number of likely N-dealkylation sites (tertiary alicyclic amines) is 1. The number of nitrogens with zero attached hydrogens (tertiary/aromatic N) is 1. The quantitative estimate of drug-likeness (QED) is 0.673. The van der Waals surface area contributed by atoms with Crippen molar-refractivity contribution in [3.8, 4) is 0 Å². The van der Waals surface area contributed by atoms with Crippen molar-refractivity contribution in [1.82, 2.24) is 10.2 Å². The van der Waals surface area contributed by atoms with Crippen LogP contribution >= 0.6 is 11.8 Å². The normalized spacial score (nSPS) is 26.0. The topological polar surface area (TPSA) is 49.4 Å². The van der Waals surface area contributed by atoms with Gasteiger partial charge in [0.1, 0.15) is 0 Å². The van der Waals surface area contributed by atoms with Gasteiger partial charge in [0.25, 0.3) is 5.24 Å². The smallest absolute Gasteiger partial charge is 0.279 e. The fraction of sp³-hybridized carbons (Fsp3) is 0.700. The number of nitrogens with one attached hydrogen (secondary N) is 1. The fourth-order valence-electron chi connectivity index (χ4n) is 4.03. The molecule has 1 fully saturated rings. The van der Waals surface area contributed by atoms with E-state index in [9.17, 15) is 9.59 Å². The SMILES string of the molecule is C=C(C)CC[C@@H]1C[C@@H](C)C=C2C1CCC(=O)N2CCSC(=O)NCC. The molecule has 0 aromatic rings. The summed E-state index contributed by atoms with van der Waals surface area (Å²) in [6.45, 7) is 11.6. The van der Waals surface area contributed by atoms with Gasteiger partial charge in [0, 0.05) is 36.9 Å². The van der Waals surface area contributed by atoms with Crippen molar-refractivity contribution >= 4 is 22.9 Å². The summed E-state index contributed by atoms with van der Waals surface area (Å²) in [6.07, 6.45) is 7.34. The summed E-state index contributed by atoms with van der Waals surface area (Å²) in [5, 5.41) is 2.78. The molecule has 1 N–H and O–H groups in total. The average Bonchev–Trinajstić information content (AvgIpc) is 2.54. The number of hydrogen-bond acceptors (Lipinski definition) is 3. The second kappa shape index (κ2) is 9.46. The lowest BCUT2D eigenvalue weighted by molar-refractivity contribution is -0.132. The first-order chi connectivity index (χ1) is 11.9. The van der Waals surface area contributed by atoms with Crippen LogP contribution in [-0.2, 0) is 4.79 Å². The van der Waals surface area contributed by atoms with Gasteiger partial charge in [-0.2, -0.15) is 0 Å². The molecule has 5 heteroatoms. The second-order valence-electron chi connectivity index (χ2n) is 7.42. The Morgan fingerprint density at radius 3 is 2.92 bits per heavy atom. The van der Waals surface area contributed by atoms with Crippen LogP contribution in [0, 0.1) is 17.8 Å². The molecule has 1 unspecified atom stereocenters. The minimum Gasteiger partial charge on any atom is -0.347 e. The number of piperidine rings is 1. The molecule has 2 rings (SSSR count). The Balaban J connectivity index is 2.02. The minimum absolute atomic E-state index is 0.00571. The molecule has 4 nitrogen and oxygen atoms in total. The van der Waals surface area contributed by atoms with Crippen LogP contribution in [0.3, 0.4) is 0 Å². The van der Waals surface area contributed by atoms with E-state index in [1.807, 2.05) is 11.8 Å². The van der Waals surface area contributed by atoms with E-state index in [-0.39, 0.29) is 11.1 Å². The van der Waals surface area contributed by atoms with Gasteiger partial charge in [0.2, 0.25) is 5.91 Å². The van der Waals surface area contributed by atoms with Gasteiger partial charge in [-0.05, 0) is 51.4 Å². The largest absolute Gasteiger partial charge is 0.347 e. The molecule has 1 aliphatic heterocycles. The van der Waals surface area contributed by atoms with Crippen molar-refractivity contribution in [2.75, 3.05) is 18.8 Å². The third-order valence-corrected chi connectivity index (χ3v) is 5.96. The first-order valence-electron chi connectivity index (χ1n) is 9.49. The molecule has 140 valence electrons. The number of fused-ring (bicyclic) bond motifs is 1. The van der Waals surface area contributed by atoms with Crippen molar-refractivity contribution < 1.29 is 9.59 Å². The number of carbonyl (C=O) groups is 2. The highest BCUT2D eigenvalue weighted by Crippen LogP contribution is 2.43.